The Hall–Kier alpha value is -2.09. The Bertz CT molecular complexity index is 664. The van der Waals surface area contributed by atoms with Gasteiger partial charge in [0.15, 0.2) is 5.03 Å². The van der Waals surface area contributed by atoms with Gasteiger partial charge in [-0.1, -0.05) is 0 Å². The molecular formula is C10H13N5O2S. The first kappa shape index (κ1) is 12.4. The maximum Gasteiger partial charge on any atom is 0.281 e. The van der Waals surface area contributed by atoms with E-state index in [1.54, 1.807) is 13.1 Å². The highest BCUT2D eigenvalue weighted by atomic mass is 32.2. The van der Waals surface area contributed by atoms with Gasteiger partial charge >= 0.3 is 0 Å². The van der Waals surface area contributed by atoms with Crippen LogP contribution >= 0.6 is 0 Å². The van der Waals surface area contributed by atoms with Crippen molar-refractivity contribution in [3.63, 3.8) is 0 Å². The van der Waals surface area contributed by atoms with Crippen molar-refractivity contribution in [1.29, 1.82) is 0 Å². The Labute approximate surface area is 105 Å². The summed E-state index contributed by atoms with van der Waals surface area (Å²) in [5, 5.41) is 3.95. The average molecular weight is 267 g/mol. The predicted octanol–water partition coefficient (Wildman–Crippen LogP) is 0.222. The molecule has 96 valence electrons. The number of aromatic nitrogens is 3. The van der Waals surface area contributed by atoms with Gasteiger partial charge in [0.2, 0.25) is 0 Å². The summed E-state index contributed by atoms with van der Waals surface area (Å²) in [6.07, 6.45) is 4.32. The lowest BCUT2D eigenvalue weighted by molar-refractivity contribution is 0.575. The molecule has 0 unspecified atom stereocenters. The van der Waals surface area contributed by atoms with Crippen molar-refractivity contribution in [1.82, 2.24) is 14.8 Å². The molecule has 2 aromatic heterocycles. The zero-order valence-electron chi connectivity index (χ0n) is 9.98. The maximum absolute atomic E-state index is 12.4. The fourth-order valence-electron chi connectivity index (χ4n) is 1.57. The molecule has 2 rings (SSSR count). The van der Waals surface area contributed by atoms with Gasteiger partial charge in [-0.15, -0.1) is 0 Å². The van der Waals surface area contributed by atoms with Crippen molar-refractivity contribution < 1.29 is 8.42 Å². The van der Waals surface area contributed by atoms with Crippen LogP contribution in [0.4, 0.5) is 11.4 Å². The van der Waals surface area contributed by atoms with Crippen LogP contribution in [-0.4, -0.2) is 30.2 Å². The number of hydrogen-bond donors (Lipinski definition) is 1. The second kappa shape index (κ2) is 4.30. The molecule has 0 aliphatic heterocycles. The van der Waals surface area contributed by atoms with Crippen molar-refractivity contribution in [3.05, 3.63) is 30.7 Å². The minimum absolute atomic E-state index is 0.0983. The molecule has 0 aliphatic carbocycles. The number of nitrogen functional groups attached to an aromatic ring is 1. The van der Waals surface area contributed by atoms with Crippen molar-refractivity contribution in [2.45, 2.75) is 5.03 Å². The van der Waals surface area contributed by atoms with Gasteiger partial charge in [-0.3, -0.25) is 14.0 Å². The zero-order chi connectivity index (χ0) is 13.3. The minimum Gasteiger partial charge on any atom is -0.396 e. The van der Waals surface area contributed by atoms with E-state index < -0.39 is 10.0 Å². The summed E-state index contributed by atoms with van der Waals surface area (Å²) in [4.78, 5) is 3.83. The highest BCUT2D eigenvalue weighted by molar-refractivity contribution is 7.92. The summed E-state index contributed by atoms with van der Waals surface area (Å²) in [6, 6.07) is 2.98. The number of pyridine rings is 1. The van der Waals surface area contributed by atoms with Crippen LogP contribution < -0.4 is 10.0 Å². The topological polar surface area (TPSA) is 94.1 Å². The van der Waals surface area contributed by atoms with Gasteiger partial charge in [-0.25, -0.2) is 0 Å². The van der Waals surface area contributed by atoms with Crippen LogP contribution in [0.15, 0.2) is 35.7 Å². The molecule has 2 N–H and O–H groups in total. The Morgan fingerprint density at radius 1 is 1.33 bits per heavy atom. The predicted molar refractivity (Wildman–Crippen MR) is 67.4 cm³/mol. The van der Waals surface area contributed by atoms with E-state index >= 15 is 0 Å². The van der Waals surface area contributed by atoms with Crippen molar-refractivity contribution in [2.24, 2.45) is 7.05 Å². The van der Waals surface area contributed by atoms with Gasteiger partial charge in [0.05, 0.1) is 23.8 Å². The fraction of sp³-hybridized carbons (Fsp3) is 0.200. The van der Waals surface area contributed by atoms with Crippen molar-refractivity contribution in [2.75, 3.05) is 17.1 Å². The SMILES string of the molecule is CN(c1ccncc1N)S(=O)(=O)c1ccnn1C. The second-order valence-electron chi connectivity index (χ2n) is 3.70. The van der Waals surface area contributed by atoms with Crippen LogP contribution in [-0.2, 0) is 17.1 Å². The summed E-state index contributed by atoms with van der Waals surface area (Å²) in [7, 11) is -0.671. The van der Waals surface area contributed by atoms with E-state index in [2.05, 4.69) is 10.1 Å². The number of nitrogens with two attached hydrogens (primary N) is 1. The molecule has 0 bridgehead atoms. The van der Waals surface area contributed by atoms with Crippen LogP contribution in [0, 0.1) is 0 Å². The van der Waals surface area contributed by atoms with E-state index in [0.29, 0.717) is 11.4 Å². The van der Waals surface area contributed by atoms with Gasteiger partial charge in [0.25, 0.3) is 10.0 Å². The number of sulfonamides is 1. The monoisotopic (exact) mass is 267 g/mol. The summed E-state index contributed by atoms with van der Waals surface area (Å²) < 4.78 is 27.1. The minimum atomic E-state index is -3.68. The number of nitrogens with zero attached hydrogens (tertiary/aromatic N) is 4. The number of anilines is 2. The van der Waals surface area contributed by atoms with Gasteiger partial charge in [-0.2, -0.15) is 13.5 Å². The molecule has 7 nitrogen and oxygen atoms in total. The summed E-state index contributed by atoms with van der Waals surface area (Å²) in [5.41, 5.74) is 6.40. The number of rotatable bonds is 3. The smallest absolute Gasteiger partial charge is 0.281 e. The van der Waals surface area contributed by atoms with Crippen molar-refractivity contribution >= 4 is 21.4 Å². The third-order valence-corrected chi connectivity index (χ3v) is 4.41. The van der Waals surface area contributed by atoms with Crippen LogP contribution in [0.3, 0.4) is 0 Å². The lowest BCUT2D eigenvalue weighted by Gasteiger charge is -2.20. The molecule has 0 aromatic carbocycles. The van der Waals surface area contributed by atoms with E-state index in [1.807, 2.05) is 0 Å². The third-order valence-electron chi connectivity index (χ3n) is 2.57. The van der Waals surface area contributed by atoms with E-state index in [4.69, 9.17) is 5.73 Å². The molecule has 0 radical (unpaired) electrons. The zero-order valence-corrected chi connectivity index (χ0v) is 10.8. The molecule has 0 amide bonds. The summed E-state index contributed by atoms with van der Waals surface area (Å²) in [6.45, 7) is 0. The maximum atomic E-state index is 12.4. The van der Waals surface area contributed by atoms with E-state index in [1.165, 1.54) is 36.4 Å². The first-order chi connectivity index (χ1) is 8.44. The second-order valence-corrected chi connectivity index (χ2v) is 5.62. The molecule has 0 saturated heterocycles. The molecule has 0 spiro atoms. The molecule has 0 atom stereocenters. The summed E-state index contributed by atoms with van der Waals surface area (Å²) >= 11 is 0. The molecule has 0 aliphatic rings. The molecular weight excluding hydrogens is 254 g/mol. The van der Waals surface area contributed by atoms with Crippen LogP contribution in [0.2, 0.25) is 0 Å². The fourth-order valence-corrected chi connectivity index (χ4v) is 2.89. The van der Waals surface area contributed by atoms with Gasteiger partial charge < -0.3 is 5.73 Å². The van der Waals surface area contributed by atoms with Crippen LogP contribution in [0.1, 0.15) is 0 Å². The highest BCUT2D eigenvalue weighted by Gasteiger charge is 2.25. The number of hydrogen-bond acceptors (Lipinski definition) is 5. The van der Waals surface area contributed by atoms with Crippen LogP contribution in [0.25, 0.3) is 0 Å². The Balaban J connectivity index is 2.50. The Kier molecular flexibility index (Phi) is 2.95. The third kappa shape index (κ3) is 1.90. The van der Waals surface area contributed by atoms with Gasteiger partial charge in [0.1, 0.15) is 0 Å². The molecule has 8 heteroatoms. The largest absolute Gasteiger partial charge is 0.396 e. The van der Waals surface area contributed by atoms with E-state index in [9.17, 15) is 8.42 Å². The lowest BCUT2D eigenvalue weighted by atomic mass is 10.3. The molecule has 2 heterocycles. The van der Waals surface area contributed by atoms with Crippen LogP contribution in [0.5, 0.6) is 0 Å². The first-order valence-corrected chi connectivity index (χ1v) is 6.55. The highest BCUT2D eigenvalue weighted by Crippen LogP contribution is 2.25. The molecule has 2 aromatic rings. The van der Waals surface area contributed by atoms with Gasteiger partial charge in [0, 0.05) is 20.3 Å². The van der Waals surface area contributed by atoms with Crippen molar-refractivity contribution in [3.8, 4) is 0 Å². The first-order valence-electron chi connectivity index (χ1n) is 5.11. The molecule has 0 fully saturated rings. The Morgan fingerprint density at radius 3 is 2.61 bits per heavy atom. The normalized spacial score (nSPS) is 11.4. The van der Waals surface area contributed by atoms with Gasteiger partial charge in [-0.05, 0) is 12.1 Å². The quantitative estimate of drug-likeness (QED) is 0.858. The summed E-state index contributed by atoms with van der Waals surface area (Å²) in [5.74, 6) is 0. The van der Waals surface area contributed by atoms with E-state index in [-0.39, 0.29) is 5.03 Å². The molecule has 0 saturated carbocycles. The average Bonchev–Trinajstić information content (AvgIpc) is 2.76. The number of aryl methyl sites for hydroxylation is 1. The standard InChI is InChI=1S/C10H13N5O2S/c1-14-10(4-6-13-14)18(16,17)15(2)9-3-5-12-7-8(9)11/h3-7H,11H2,1-2H3. The lowest BCUT2D eigenvalue weighted by Crippen LogP contribution is -2.29. The van der Waals surface area contributed by atoms with E-state index in [0.717, 1.165) is 4.31 Å². The Morgan fingerprint density at radius 2 is 2.06 bits per heavy atom. The molecule has 18 heavy (non-hydrogen) atoms.